The van der Waals surface area contributed by atoms with Crippen molar-refractivity contribution in [2.75, 3.05) is 0 Å². The third-order valence-electron chi connectivity index (χ3n) is 2.89. The van der Waals surface area contributed by atoms with Gasteiger partial charge in [0.15, 0.2) is 0 Å². The highest BCUT2D eigenvalue weighted by molar-refractivity contribution is 5.78. The summed E-state index contributed by atoms with van der Waals surface area (Å²) in [6, 6.07) is 2.53. The Hall–Kier alpha value is -2.90. The molecular weight excluding hydrogens is 296 g/mol. The molecule has 4 N–H and O–H groups in total. The Bertz CT molecular complexity index is 526. The number of aliphatic carboxylic acids is 4. The summed E-state index contributed by atoms with van der Waals surface area (Å²) in [6.07, 6.45) is -1.88. The molecule has 0 saturated heterocycles. The minimum absolute atomic E-state index is 0.167. The van der Waals surface area contributed by atoms with E-state index in [0.717, 1.165) is 0 Å². The Balaban J connectivity index is 3.39. The lowest BCUT2D eigenvalue weighted by atomic mass is 9.92. The van der Waals surface area contributed by atoms with Crippen molar-refractivity contribution in [3.63, 3.8) is 0 Å². The maximum absolute atomic E-state index is 10.8. The van der Waals surface area contributed by atoms with E-state index < -0.39 is 49.6 Å². The average molecular weight is 310 g/mol. The van der Waals surface area contributed by atoms with Gasteiger partial charge in [0.2, 0.25) is 0 Å². The summed E-state index contributed by atoms with van der Waals surface area (Å²) in [4.78, 5) is 43.4. The molecule has 0 unspecified atom stereocenters. The van der Waals surface area contributed by atoms with Crippen LogP contribution < -0.4 is 0 Å². The van der Waals surface area contributed by atoms with Gasteiger partial charge in [-0.15, -0.1) is 0 Å². The van der Waals surface area contributed by atoms with Crippen LogP contribution in [0.2, 0.25) is 0 Å². The van der Waals surface area contributed by atoms with Gasteiger partial charge in [-0.3, -0.25) is 19.2 Å². The highest BCUT2D eigenvalue weighted by Crippen LogP contribution is 2.20. The molecule has 0 amide bonds. The molecule has 1 aromatic carbocycles. The molecule has 0 saturated carbocycles. The molecule has 118 valence electrons. The van der Waals surface area contributed by atoms with Crippen LogP contribution in [0, 0.1) is 0 Å². The molecule has 0 aliphatic rings. The minimum atomic E-state index is -1.20. The second-order valence-corrected chi connectivity index (χ2v) is 4.67. The Morgan fingerprint density at radius 1 is 0.545 bits per heavy atom. The predicted octanol–water partition coefficient (Wildman–Crippen LogP) is 0.195. The second-order valence-electron chi connectivity index (χ2n) is 4.67. The Labute approximate surface area is 124 Å². The fraction of sp³-hybridized carbons (Fsp3) is 0.286. The van der Waals surface area contributed by atoms with Crippen LogP contribution in [0.3, 0.4) is 0 Å². The number of benzene rings is 1. The monoisotopic (exact) mass is 310 g/mol. The number of carbonyl (C=O) groups is 4. The molecule has 0 fully saturated rings. The van der Waals surface area contributed by atoms with E-state index in [9.17, 15) is 19.2 Å². The number of carboxylic acid groups (broad SMARTS) is 4. The van der Waals surface area contributed by atoms with Crippen molar-refractivity contribution in [3.8, 4) is 0 Å². The summed E-state index contributed by atoms with van der Waals surface area (Å²) in [5, 5.41) is 35.4. The molecule has 22 heavy (non-hydrogen) atoms. The maximum Gasteiger partial charge on any atom is 0.307 e. The number of carboxylic acids is 4. The van der Waals surface area contributed by atoms with Gasteiger partial charge in [0.1, 0.15) is 0 Å². The fourth-order valence-electron chi connectivity index (χ4n) is 2.10. The summed E-state index contributed by atoms with van der Waals surface area (Å²) < 4.78 is 0. The van der Waals surface area contributed by atoms with Crippen LogP contribution in [0.15, 0.2) is 12.1 Å². The van der Waals surface area contributed by atoms with Crippen LogP contribution >= 0.6 is 0 Å². The van der Waals surface area contributed by atoms with Gasteiger partial charge in [-0.2, -0.15) is 0 Å². The first-order valence-corrected chi connectivity index (χ1v) is 6.19. The smallest absolute Gasteiger partial charge is 0.307 e. The van der Waals surface area contributed by atoms with Crippen LogP contribution in [-0.2, 0) is 44.9 Å². The molecule has 0 heterocycles. The third-order valence-corrected chi connectivity index (χ3v) is 2.89. The molecule has 0 bridgehead atoms. The van der Waals surface area contributed by atoms with Crippen molar-refractivity contribution in [1.29, 1.82) is 0 Å². The van der Waals surface area contributed by atoms with Crippen LogP contribution in [-0.4, -0.2) is 44.3 Å². The van der Waals surface area contributed by atoms with E-state index in [2.05, 4.69) is 0 Å². The standard InChI is InChI=1S/C14H14O8/c15-11(16)3-7-1-8(4-12(17)18)10(6-14(21)22)2-9(7)5-13(19)20/h1-2H,3-6H2,(H,15,16)(H,17,18)(H,19,20)(H,21,22). The van der Waals surface area contributed by atoms with Crippen molar-refractivity contribution >= 4 is 23.9 Å². The van der Waals surface area contributed by atoms with Gasteiger partial charge < -0.3 is 20.4 Å². The van der Waals surface area contributed by atoms with E-state index >= 15 is 0 Å². The van der Waals surface area contributed by atoms with Crippen molar-refractivity contribution < 1.29 is 39.6 Å². The first kappa shape index (κ1) is 17.2. The quantitative estimate of drug-likeness (QED) is 0.531. The molecule has 0 atom stereocenters. The first-order valence-electron chi connectivity index (χ1n) is 6.19. The Kier molecular flexibility index (Phi) is 5.62. The first-order chi connectivity index (χ1) is 10.2. The van der Waals surface area contributed by atoms with E-state index in [1.54, 1.807) is 0 Å². The van der Waals surface area contributed by atoms with Crippen molar-refractivity contribution in [1.82, 2.24) is 0 Å². The molecule has 0 aromatic heterocycles. The number of hydrogen-bond donors (Lipinski definition) is 4. The van der Waals surface area contributed by atoms with E-state index in [1.807, 2.05) is 0 Å². The normalized spacial score (nSPS) is 10.2. The average Bonchev–Trinajstić information content (AvgIpc) is 2.31. The highest BCUT2D eigenvalue weighted by Gasteiger charge is 2.17. The molecule has 0 spiro atoms. The molecule has 0 radical (unpaired) electrons. The SMILES string of the molecule is O=C(O)Cc1cc(CC(=O)O)c(CC(=O)O)cc1CC(=O)O. The van der Waals surface area contributed by atoms with Crippen molar-refractivity contribution in [2.24, 2.45) is 0 Å². The van der Waals surface area contributed by atoms with Crippen LogP contribution in [0.4, 0.5) is 0 Å². The summed E-state index contributed by atoms with van der Waals surface area (Å²) in [5.41, 5.74) is 0.668. The number of rotatable bonds is 8. The lowest BCUT2D eigenvalue weighted by Crippen LogP contribution is -2.13. The Morgan fingerprint density at radius 2 is 0.727 bits per heavy atom. The van der Waals surface area contributed by atoms with Crippen molar-refractivity contribution in [3.05, 3.63) is 34.4 Å². The maximum atomic E-state index is 10.8. The van der Waals surface area contributed by atoms with E-state index in [1.165, 1.54) is 12.1 Å². The zero-order chi connectivity index (χ0) is 16.9. The zero-order valence-electron chi connectivity index (χ0n) is 11.4. The van der Waals surface area contributed by atoms with Crippen LogP contribution in [0.1, 0.15) is 22.3 Å². The van der Waals surface area contributed by atoms with Gasteiger partial charge in [0, 0.05) is 0 Å². The lowest BCUT2D eigenvalue weighted by molar-refractivity contribution is -0.137. The largest absolute Gasteiger partial charge is 0.481 e. The summed E-state index contributed by atoms with van der Waals surface area (Å²) >= 11 is 0. The predicted molar refractivity (Wildman–Crippen MR) is 71.8 cm³/mol. The molecule has 8 nitrogen and oxygen atoms in total. The topological polar surface area (TPSA) is 149 Å². The molecule has 1 rings (SSSR count). The molecule has 1 aromatic rings. The molecule has 0 aliphatic heterocycles. The zero-order valence-corrected chi connectivity index (χ0v) is 11.4. The molecular formula is C14H14O8. The Morgan fingerprint density at radius 3 is 0.864 bits per heavy atom. The highest BCUT2D eigenvalue weighted by atomic mass is 16.4. The van der Waals surface area contributed by atoms with Gasteiger partial charge in [0.25, 0.3) is 0 Å². The summed E-state index contributed by atoms with van der Waals surface area (Å²) in [5.74, 6) is -4.78. The van der Waals surface area contributed by atoms with Gasteiger partial charge in [-0.25, -0.2) is 0 Å². The van der Waals surface area contributed by atoms with Gasteiger partial charge in [-0.05, 0) is 22.3 Å². The fourth-order valence-corrected chi connectivity index (χ4v) is 2.10. The summed E-state index contributed by atoms with van der Waals surface area (Å²) in [7, 11) is 0. The third kappa shape index (κ3) is 5.23. The summed E-state index contributed by atoms with van der Waals surface area (Å²) in [6.45, 7) is 0. The van der Waals surface area contributed by atoms with E-state index in [4.69, 9.17) is 20.4 Å². The number of hydrogen-bond acceptors (Lipinski definition) is 4. The van der Waals surface area contributed by atoms with Gasteiger partial charge in [-0.1, -0.05) is 12.1 Å². The molecule has 0 aliphatic carbocycles. The minimum Gasteiger partial charge on any atom is -0.481 e. The van der Waals surface area contributed by atoms with Crippen LogP contribution in [0.5, 0.6) is 0 Å². The molecule has 8 heteroatoms. The van der Waals surface area contributed by atoms with Gasteiger partial charge >= 0.3 is 23.9 Å². The lowest BCUT2D eigenvalue weighted by Gasteiger charge is -2.13. The van der Waals surface area contributed by atoms with E-state index in [0.29, 0.717) is 0 Å². The van der Waals surface area contributed by atoms with Crippen LogP contribution in [0.25, 0.3) is 0 Å². The van der Waals surface area contributed by atoms with E-state index in [-0.39, 0.29) is 22.3 Å². The second kappa shape index (κ2) is 7.21. The van der Waals surface area contributed by atoms with Crippen molar-refractivity contribution in [2.45, 2.75) is 25.7 Å². The van der Waals surface area contributed by atoms with Gasteiger partial charge in [0.05, 0.1) is 25.7 Å².